The number of carbonyl (C=O) groups excluding carboxylic acids is 1. The molecule has 0 spiro atoms. The highest BCUT2D eigenvalue weighted by Gasteiger charge is 2.26. The number of rotatable bonds is 30. The van der Waals surface area contributed by atoms with Gasteiger partial charge in [0.1, 0.15) is 12.2 Å². The summed E-state index contributed by atoms with van der Waals surface area (Å²) in [5.74, 6) is -0.392. The van der Waals surface area contributed by atoms with Gasteiger partial charge in [0, 0.05) is 13.0 Å². The van der Waals surface area contributed by atoms with Crippen LogP contribution in [0.15, 0.2) is 12.2 Å². The summed E-state index contributed by atoms with van der Waals surface area (Å²) < 4.78 is 32.9. The lowest BCUT2D eigenvalue weighted by Crippen LogP contribution is -2.29. The van der Waals surface area contributed by atoms with E-state index in [2.05, 4.69) is 30.5 Å². The van der Waals surface area contributed by atoms with E-state index >= 15 is 0 Å². The smallest absolute Gasteiger partial charge is 0.457 e. The van der Waals surface area contributed by atoms with Gasteiger partial charge in [-0.25, -0.2) is 4.57 Å². The molecule has 0 aromatic rings. The van der Waals surface area contributed by atoms with E-state index in [1.807, 2.05) is 0 Å². The molecule has 40 heavy (non-hydrogen) atoms. The van der Waals surface area contributed by atoms with Crippen molar-refractivity contribution in [2.24, 2.45) is 0 Å². The van der Waals surface area contributed by atoms with Gasteiger partial charge in [0.15, 0.2) is 0 Å². The average Bonchev–Trinajstić information content (AvgIpc) is 2.94. The first kappa shape index (κ1) is 39.2. The summed E-state index contributed by atoms with van der Waals surface area (Å²) in [6.07, 6.45) is 21.8. The van der Waals surface area contributed by atoms with E-state index in [9.17, 15) is 19.4 Å². The lowest BCUT2D eigenvalue weighted by atomic mass is 10.1. The highest BCUT2D eigenvalue weighted by atomic mass is 31.2. The third kappa shape index (κ3) is 27.4. The van der Waals surface area contributed by atoms with Gasteiger partial charge in [-0.3, -0.25) is 13.8 Å². The number of phosphoric acid groups is 1. The molecule has 0 saturated heterocycles. The molecule has 3 atom stereocenters. The second-order valence-electron chi connectivity index (χ2n) is 10.5. The minimum absolute atomic E-state index is 0.0481. The molecule has 10 heteroatoms. The first-order valence-electron chi connectivity index (χ1n) is 15.7. The molecular formula is C30H59O9P. The Morgan fingerprint density at radius 2 is 1.32 bits per heavy atom. The van der Waals surface area contributed by atoms with E-state index in [1.165, 1.54) is 57.8 Å². The number of phosphoric ester groups is 1. The fourth-order valence-electron chi connectivity index (χ4n) is 4.00. The van der Waals surface area contributed by atoms with Crippen LogP contribution in [-0.2, 0) is 27.9 Å². The second kappa shape index (κ2) is 28.3. The van der Waals surface area contributed by atoms with Gasteiger partial charge in [-0.15, -0.1) is 0 Å². The Morgan fingerprint density at radius 1 is 0.750 bits per heavy atom. The molecule has 0 rings (SSSR count). The van der Waals surface area contributed by atoms with E-state index in [-0.39, 0.29) is 19.6 Å². The van der Waals surface area contributed by atoms with Crippen molar-refractivity contribution < 1.29 is 43.0 Å². The molecule has 3 unspecified atom stereocenters. The van der Waals surface area contributed by atoms with E-state index in [4.69, 9.17) is 19.1 Å². The van der Waals surface area contributed by atoms with Gasteiger partial charge >= 0.3 is 13.8 Å². The Hall–Kier alpha value is -0.800. The molecule has 0 aliphatic heterocycles. The zero-order valence-corrected chi connectivity index (χ0v) is 26.2. The van der Waals surface area contributed by atoms with E-state index in [0.717, 1.165) is 51.4 Å². The number of ether oxygens (including phenoxy) is 2. The van der Waals surface area contributed by atoms with Crippen LogP contribution in [0.3, 0.4) is 0 Å². The number of esters is 1. The number of carbonyl (C=O) groups is 1. The Labute approximate surface area is 243 Å². The molecule has 0 aromatic carbocycles. The maximum absolute atomic E-state index is 12.4. The van der Waals surface area contributed by atoms with Crippen LogP contribution in [0.5, 0.6) is 0 Å². The highest BCUT2D eigenvalue weighted by Crippen LogP contribution is 2.43. The summed E-state index contributed by atoms with van der Waals surface area (Å²) in [6, 6.07) is 0. The standard InChI is InChI=1S/C30H59O9P/c1-3-5-7-9-11-13-14-15-17-19-21-23-36-26-29(27-38-40(34,35)37-25-28(32)24-31)39-30(33)22-20-18-16-12-10-8-6-4-2/h7,9,28-29,31-32H,3-6,8,10-27H2,1-2H3,(H,34,35)/b9-7-. The molecule has 0 saturated carbocycles. The monoisotopic (exact) mass is 594 g/mol. The maximum atomic E-state index is 12.4. The Bertz CT molecular complexity index is 645. The maximum Gasteiger partial charge on any atom is 0.472 e. The summed E-state index contributed by atoms with van der Waals surface area (Å²) in [7, 11) is -4.49. The predicted molar refractivity (Wildman–Crippen MR) is 159 cm³/mol. The average molecular weight is 595 g/mol. The minimum atomic E-state index is -4.49. The van der Waals surface area contributed by atoms with Gasteiger partial charge in [0.25, 0.3) is 0 Å². The van der Waals surface area contributed by atoms with Gasteiger partial charge in [-0.05, 0) is 32.1 Å². The highest BCUT2D eigenvalue weighted by molar-refractivity contribution is 7.47. The summed E-state index contributed by atoms with van der Waals surface area (Å²) >= 11 is 0. The van der Waals surface area contributed by atoms with Gasteiger partial charge in [0.05, 0.1) is 26.4 Å². The van der Waals surface area contributed by atoms with Crippen molar-refractivity contribution in [2.45, 2.75) is 142 Å². The van der Waals surface area contributed by atoms with Crippen molar-refractivity contribution >= 4 is 13.8 Å². The molecule has 238 valence electrons. The predicted octanol–water partition coefficient (Wildman–Crippen LogP) is 7.02. The molecule has 0 heterocycles. The van der Waals surface area contributed by atoms with Crippen molar-refractivity contribution in [1.29, 1.82) is 0 Å². The molecule has 0 radical (unpaired) electrons. The molecule has 9 nitrogen and oxygen atoms in total. The number of hydrogen-bond acceptors (Lipinski definition) is 8. The molecule has 0 amide bonds. The Morgan fingerprint density at radius 3 is 1.98 bits per heavy atom. The molecule has 0 aliphatic rings. The summed E-state index contributed by atoms with van der Waals surface area (Å²) in [6.45, 7) is 3.39. The van der Waals surface area contributed by atoms with E-state index in [1.54, 1.807) is 0 Å². The lowest BCUT2D eigenvalue weighted by molar-refractivity contribution is -0.154. The Balaban J connectivity index is 4.31. The second-order valence-corrected chi connectivity index (χ2v) is 11.9. The van der Waals surface area contributed by atoms with Gasteiger partial charge < -0.3 is 24.6 Å². The first-order valence-corrected chi connectivity index (χ1v) is 17.2. The summed E-state index contributed by atoms with van der Waals surface area (Å²) in [4.78, 5) is 22.2. The van der Waals surface area contributed by atoms with Crippen LogP contribution in [-0.4, -0.2) is 66.3 Å². The van der Waals surface area contributed by atoms with Crippen LogP contribution in [0, 0.1) is 0 Å². The quantitative estimate of drug-likeness (QED) is 0.0347. The Kier molecular flexibility index (Phi) is 27.8. The normalized spacial score (nSPS) is 14.8. The number of aliphatic hydroxyl groups is 2. The molecule has 0 aliphatic carbocycles. The SMILES string of the molecule is CCC/C=C\CCCCCCCCOCC(COP(=O)(O)OCC(O)CO)OC(=O)CCCCCCCCCC. The fraction of sp³-hybridized carbons (Fsp3) is 0.900. The topological polar surface area (TPSA) is 132 Å². The van der Waals surface area contributed by atoms with Crippen LogP contribution >= 0.6 is 7.82 Å². The number of unbranched alkanes of at least 4 members (excludes halogenated alkanes) is 14. The minimum Gasteiger partial charge on any atom is -0.457 e. The van der Waals surface area contributed by atoms with Crippen molar-refractivity contribution in [3.63, 3.8) is 0 Å². The lowest BCUT2D eigenvalue weighted by Gasteiger charge is -2.20. The number of allylic oxidation sites excluding steroid dienone is 2. The van der Waals surface area contributed by atoms with Gasteiger partial charge in [0.2, 0.25) is 0 Å². The van der Waals surface area contributed by atoms with Crippen LogP contribution < -0.4 is 0 Å². The number of hydrogen-bond donors (Lipinski definition) is 3. The molecular weight excluding hydrogens is 535 g/mol. The van der Waals surface area contributed by atoms with Crippen LogP contribution in [0.25, 0.3) is 0 Å². The van der Waals surface area contributed by atoms with Crippen molar-refractivity contribution in [1.82, 2.24) is 0 Å². The molecule has 0 bridgehead atoms. The third-order valence-corrected chi connectivity index (χ3v) is 7.38. The number of aliphatic hydroxyl groups excluding tert-OH is 2. The van der Waals surface area contributed by atoms with Crippen LogP contribution in [0.4, 0.5) is 0 Å². The zero-order valence-electron chi connectivity index (χ0n) is 25.3. The first-order chi connectivity index (χ1) is 19.3. The zero-order chi connectivity index (χ0) is 29.7. The summed E-state index contributed by atoms with van der Waals surface area (Å²) in [5.41, 5.74) is 0. The van der Waals surface area contributed by atoms with E-state index < -0.39 is 39.2 Å². The molecule has 0 fully saturated rings. The van der Waals surface area contributed by atoms with E-state index in [0.29, 0.717) is 6.61 Å². The van der Waals surface area contributed by atoms with Crippen molar-refractivity contribution in [3.8, 4) is 0 Å². The molecule has 3 N–H and O–H groups in total. The molecule has 0 aromatic heterocycles. The van der Waals surface area contributed by atoms with Crippen molar-refractivity contribution in [2.75, 3.05) is 33.0 Å². The largest absolute Gasteiger partial charge is 0.472 e. The van der Waals surface area contributed by atoms with Gasteiger partial charge in [-0.1, -0.05) is 103 Å². The fourth-order valence-corrected chi connectivity index (χ4v) is 4.79. The van der Waals surface area contributed by atoms with Crippen molar-refractivity contribution in [3.05, 3.63) is 12.2 Å². The third-order valence-electron chi connectivity index (χ3n) is 6.43. The summed E-state index contributed by atoms with van der Waals surface area (Å²) in [5, 5.41) is 18.2. The van der Waals surface area contributed by atoms with Gasteiger partial charge in [-0.2, -0.15) is 0 Å². The van der Waals surface area contributed by atoms with Crippen LogP contribution in [0.1, 0.15) is 129 Å². The van der Waals surface area contributed by atoms with Crippen LogP contribution in [0.2, 0.25) is 0 Å².